The minimum atomic E-state index is -0.00287. The quantitative estimate of drug-likeness (QED) is 0.844. The SMILES string of the molecule is CC(C)N(Cc1ccccc1)C(=O)C1=CC(=O)CCC1. The summed E-state index contributed by atoms with van der Waals surface area (Å²) in [4.78, 5) is 25.9. The fourth-order valence-corrected chi connectivity index (χ4v) is 2.41. The highest BCUT2D eigenvalue weighted by molar-refractivity contribution is 6.02. The molecule has 1 aliphatic carbocycles. The van der Waals surface area contributed by atoms with Crippen LogP contribution in [0, 0.1) is 0 Å². The standard InChI is InChI=1S/C17H21NO2/c1-13(2)18(12-14-7-4-3-5-8-14)17(20)15-9-6-10-16(19)11-15/h3-5,7-8,11,13H,6,9-10,12H2,1-2H3. The highest BCUT2D eigenvalue weighted by Gasteiger charge is 2.23. The molecular weight excluding hydrogens is 250 g/mol. The lowest BCUT2D eigenvalue weighted by Crippen LogP contribution is -2.38. The van der Waals surface area contributed by atoms with Crippen molar-refractivity contribution in [3.63, 3.8) is 0 Å². The molecule has 0 saturated carbocycles. The van der Waals surface area contributed by atoms with E-state index in [4.69, 9.17) is 0 Å². The molecule has 0 heterocycles. The highest BCUT2D eigenvalue weighted by Crippen LogP contribution is 2.20. The van der Waals surface area contributed by atoms with Crippen molar-refractivity contribution in [2.75, 3.05) is 0 Å². The van der Waals surface area contributed by atoms with Crippen molar-refractivity contribution in [1.29, 1.82) is 0 Å². The second kappa shape index (κ2) is 6.51. The van der Waals surface area contributed by atoms with Crippen LogP contribution in [-0.2, 0) is 16.1 Å². The Balaban J connectivity index is 2.16. The minimum absolute atomic E-state index is 0.00287. The molecule has 0 aliphatic heterocycles. The molecule has 1 aliphatic rings. The molecule has 0 unspecified atom stereocenters. The summed E-state index contributed by atoms with van der Waals surface area (Å²) in [7, 11) is 0. The van der Waals surface area contributed by atoms with Crippen LogP contribution in [0.3, 0.4) is 0 Å². The van der Waals surface area contributed by atoms with Crippen molar-refractivity contribution < 1.29 is 9.59 Å². The van der Waals surface area contributed by atoms with Gasteiger partial charge in [0.1, 0.15) is 0 Å². The molecule has 20 heavy (non-hydrogen) atoms. The first-order chi connectivity index (χ1) is 9.58. The van der Waals surface area contributed by atoms with Crippen LogP contribution < -0.4 is 0 Å². The Hall–Kier alpha value is -1.90. The molecule has 0 fully saturated rings. The molecule has 1 aromatic carbocycles. The van der Waals surface area contributed by atoms with Crippen molar-refractivity contribution >= 4 is 11.7 Å². The van der Waals surface area contributed by atoms with Crippen molar-refractivity contribution in [1.82, 2.24) is 4.90 Å². The minimum Gasteiger partial charge on any atom is -0.332 e. The fraction of sp³-hybridized carbons (Fsp3) is 0.412. The van der Waals surface area contributed by atoms with E-state index >= 15 is 0 Å². The van der Waals surface area contributed by atoms with Gasteiger partial charge in [0.25, 0.3) is 0 Å². The second-order valence-corrected chi connectivity index (χ2v) is 5.50. The first-order valence-electron chi connectivity index (χ1n) is 7.16. The monoisotopic (exact) mass is 271 g/mol. The predicted molar refractivity (Wildman–Crippen MR) is 79.1 cm³/mol. The molecule has 0 spiro atoms. The molecule has 0 atom stereocenters. The number of ketones is 1. The largest absolute Gasteiger partial charge is 0.332 e. The third-order valence-corrected chi connectivity index (χ3v) is 3.56. The third kappa shape index (κ3) is 3.56. The van der Waals surface area contributed by atoms with Crippen LogP contribution in [-0.4, -0.2) is 22.6 Å². The number of allylic oxidation sites excluding steroid dienone is 1. The Bertz CT molecular complexity index is 517. The molecule has 0 N–H and O–H groups in total. The van der Waals surface area contributed by atoms with Crippen LogP contribution in [0.1, 0.15) is 38.7 Å². The smallest absolute Gasteiger partial charge is 0.250 e. The molecule has 106 valence electrons. The Morgan fingerprint density at radius 2 is 1.90 bits per heavy atom. The third-order valence-electron chi connectivity index (χ3n) is 3.56. The number of hydrogen-bond acceptors (Lipinski definition) is 2. The van der Waals surface area contributed by atoms with Gasteiger partial charge >= 0.3 is 0 Å². The maximum absolute atomic E-state index is 12.6. The zero-order valence-electron chi connectivity index (χ0n) is 12.1. The van der Waals surface area contributed by atoms with Crippen LogP contribution in [0.4, 0.5) is 0 Å². The van der Waals surface area contributed by atoms with Gasteiger partial charge in [-0.1, -0.05) is 30.3 Å². The van der Waals surface area contributed by atoms with E-state index in [1.54, 1.807) is 0 Å². The maximum atomic E-state index is 12.6. The first kappa shape index (κ1) is 14.5. The zero-order valence-corrected chi connectivity index (χ0v) is 12.1. The lowest BCUT2D eigenvalue weighted by atomic mass is 9.97. The summed E-state index contributed by atoms with van der Waals surface area (Å²) in [6.07, 6.45) is 3.60. The molecule has 3 nitrogen and oxygen atoms in total. The van der Waals surface area contributed by atoms with Crippen molar-refractivity contribution in [3.8, 4) is 0 Å². The lowest BCUT2D eigenvalue weighted by molar-refractivity contribution is -0.130. The molecule has 0 aromatic heterocycles. The normalized spacial score (nSPS) is 15.2. The average molecular weight is 271 g/mol. The van der Waals surface area contributed by atoms with E-state index in [2.05, 4.69) is 0 Å². The highest BCUT2D eigenvalue weighted by atomic mass is 16.2. The molecule has 2 rings (SSSR count). The van der Waals surface area contributed by atoms with E-state index in [1.165, 1.54) is 6.08 Å². The Labute approximate surface area is 120 Å². The molecule has 1 aromatic rings. The topological polar surface area (TPSA) is 37.4 Å². The molecule has 1 amide bonds. The molecule has 0 bridgehead atoms. The van der Waals surface area contributed by atoms with Crippen LogP contribution in [0.25, 0.3) is 0 Å². The molecule has 0 radical (unpaired) electrons. The van der Waals surface area contributed by atoms with Crippen LogP contribution in [0.5, 0.6) is 0 Å². The average Bonchev–Trinajstić information content (AvgIpc) is 2.45. The van der Waals surface area contributed by atoms with Gasteiger partial charge in [0, 0.05) is 24.6 Å². The van der Waals surface area contributed by atoms with Gasteiger partial charge in [-0.15, -0.1) is 0 Å². The predicted octanol–water partition coefficient (Wildman–Crippen LogP) is 3.10. The number of rotatable bonds is 4. The number of amides is 1. The lowest BCUT2D eigenvalue weighted by Gasteiger charge is -2.28. The van der Waals surface area contributed by atoms with Crippen LogP contribution in [0.15, 0.2) is 42.0 Å². The van der Waals surface area contributed by atoms with Crippen molar-refractivity contribution in [2.24, 2.45) is 0 Å². The van der Waals surface area contributed by atoms with Gasteiger partial charge in [0.2, 0.25) is 5.91 Å². The Kier molecular flexibility index (Phi) is 4.72. The number of nitrogens with zero attached hydrogens (tertiary/aromatic N) is 1. The molecular formula is C17H21NO2. The Morgan fingerprint density at radius 3 is 2.50 bits per heavy atom. The van der Waals surface area contributed by atoms with Gasteiger partial charge in [-0.25, -0.2) is 0 Å². The molecule has 0 saturated heterocycles. The second-order valence-electron chi connectivity index (χ2n) is 5.50. The zero-order chi connectivity index (χ0) is 14.5. The van der Waals surface area contributed by atoms with Gasteiger partial charge < -0.3 is 4.90 Å². The van der Waals surface area contributed by atoms with Crippen molar-refractivity contribution in [3.05, 3.63) is 47.5 Å². The Morgan fingerprint density at radius 1 is 1.20 bits per heavy atom. The van der Waals surface area contributed by atoms with Gasteiger partial charge in [-0.05, 0) is 38.3 Å². The van der Waals surface area contributed by atoms with Crippen LogP contribution in [0.2, 0.25) is 0 Å². The van der Waals surface area contributed by atoms with Gasteiger partial charge in [-0.3, -0.25) is 9.59 Å². The summed E-state index contributed by atoms with van der Waals surface area (Å²) < 4.78 is 0. The van der Waals surface area contributed by atoms with Crippen LogP contribution >= 0.6 is 0 Å². The van der Waals surface area contributed by atoms with Gasteiger partial charge in [0.15, 0.2) is 5.78 Å². The van der Waals surface area contributed by atoms with E-state index in [9.17, 15) is 9.59 Å². The fourth-order valence-electron chi connectivity index (χ4n) is 2.41. The first-order valence-corrected chi connectivity index (χ1v) is 7.16. The molecule has 3 heteroatoms. The number of carbonyl (C=O) groups is 2. The number of benzene rings is 1. The van der Waals surface area contributed by atoms with E-state index < -0.39 is 0 Å². The van der Waals surface area contributed by atoms with E-state index in [0.717, 1.165) is 12.0 Å². The van der Waals surface area contributed by atoms with Gasteiger partial charge in [-0.2, -0.15) is 0 Å². The summed E-state index contributed by atoms with van der Waals surface area (Å²) in [5.74, 6) is 0.0694. The summed E-state index contributed by atoms with van der Waals surface area (Å²) in [6, 6.07) is 10.1. The maximum Gasteiger partial charge on any atom is 0.250 e. The van der Waals surface area contributed by atoms with Gasteiger partial charge in [0.05, 0.1) is 0 Å². The summed E-state index contributed by atoms with van der Waals surface area (Å²) in [5, 5.41) is 0. The number of hydrogen-bond donors (Lipinski definition) is 0. The van der Waals surface area contributed by atoms with E-state index in [-0.39, 0.29) is 17.7 Å². The van der Waals surface area contributed by atoms with Crippen molar-refractivity contribution in [2.45, 2.75) is 45.7 Å². The summed E-state index contributed by atoms with van der Waals surface area (Å²) >= 11 is 0. The number of carbonyl (C=O) groups excluding carboxylic acids is 2. The summed E-state index contributed by atoms with van der Waals surface area (Å²) in [5.41, 5.74) is 1.77. The van der Waals surface area contributed by atoms with E-state index in [1.807, 2.05) is 49.1 Å². The van der Waals surface area contributed by atoms with E-state index in [0.29, 0.717) is 25.0 Å². The summed E-state index contributed by atoms with van der Waals surface area (Å²) in [6.45, 7) is 4.60.